The minimum Gasteiger partial charge on any atom is -0.154 e. The maximum atomic E-state index is 4.33. The second kappa shape index (κ2) is 15.0. The molecule has 1 atom stereocenters. The first-order chi connectivity index (χ1) is 11.4. The first-order valence-corrected chi connectivity index (χ1v) is 9.00. The van der Waals surface area contributed by atoms with Gasteiger partial charge in [-0.15, -0.1) is 0 Å². The molecular weight excluding hydrogens is 311 g/mol. The molecular formula is C21H35N2P. The summed E-state index contributed by atoms with van der Waals surface area (Å²) in [5.74, 6) is 0. The molecule has 2 aromatic rings. The highest BCUT2D eigenvalue weighted by molar-refractivity contribution is 6.92. The lowest BCUT2D eigenvalue weighted by molar-refractivity contribution is 0.959. The van der Waals surface area contributed by atoms with Crippen molar-refractivity contribution in [2.45, 2.75) is 61.3 Å². The van der Waals surface area contributed by atoms with Crippen LogP contribution in [0.2, 0.25) is 0 Å². The van der Waals surface area contributed by atoms with Gasteiger partial charge in [0.05, 0.1) is 11.4 Å². The van der Waals surface area contributed by atoms with Crippen LogP contribution in [0.3, 0.4) is 0 Å². The summed E-state index contributed by atoms with van der Waals surface area (Å²) in [5.41, 5.74) is 5.88. The second-order valence-corrected chi connectivity index (χ2v) is 4.24. The van der Waals surface area contributed by atoms with Crippen molar-refractivity contribution in [2.24, 2.45) is 0 Å². The Morgan fingerprint density at radius 2 is 1.46 bits per heavy atom. The van der Waals surface area contributed by atoms with Crippen LogP contribution in [0.5, 0.6) is 0 Å². The molecule has 0 saturated carbocycles. The van der Waals surface area contributed by atoms with Crippen molar-refractivity contribution in [3.8, 4) is 11.3 Å². The summed E-state index contributed by atoms with van der Waals surface area (Å²) in [7, 11) is 0. The van der Waals surface area contributed by atoms with Crippen molar-refractivity contribution in [1.82, 2.24) is 10.2 Å². The van der Waals surface area contributed by atoms with Crippen molar-refractivity contribution in [3.05, 3.63) is 53.7 Å². The Morgan fingerprint density at radius 3 is 2.00 bits per heavy atom. The smallest absolute Gasteiger partial charge is 0.0935 e. The molecule has 1 heterocycles. The molecule has 2 nitrogen and oxygen atoms in total. The number of allylic oxidation sites excluding steroid dienone is 2. The molecule has 1 aromatic heterocycles. The number of hydrogen-bond acceptors (Lipinski definition) is 2. The van der Waals surface area contributed by atoms with Gasteiger partial charge in [-0.25, -0.2) is 0 Å². The monoisotopic (exact) mass is 346 g/mol. The van der Waals surface area contributed by atoms with Gasteiger partial charge in [-0.3, -0.25) is 0 Å². The largest absolute Gasteiger partial charge is 0.154 e. The van der Waals surface area contributed by atoms with Crippen LogP contribution in [0.15, 0.2) is 42.5 Å². The normalized spacial score (nSPS) is 10.2. The SMILES string of the molecule is CC.CC.CC.CCC1=CCc2nnc(-c3ccccc3)cc21.P. The standard InChI is InChI=1S/C15H14N2.3C2H6.H3P/c1-2-11-8-9-14-13(11)10-15(17-16-14)12-6-4-3-5-7-12;3*1-2;/h3-8,10H,2,9H2,1H3;3*1-2H3;1H3. The lowest BCUT2D eigenvalue weighted by atomic mass is 10.0. The zero-order chi connectivity index (χ0) is 17.7. The van der Waals surface area contributed by atoms with Crippen LogP contribution >= 0.6 is 9.90 Å². The summed E-state index contributed by atoms with van der Waals surface area (Å²) in [4.78, 5) is 0. The summed E-state index contributed by atoms with van der Waals surface area (Å²) in [6.45, 7) is 14.2. The molecule has 3 rings (SSSR count). The Balaban J connectivity index is 0. The summed E-state index contributed by atoms with van der Waals surface area (Å²) >= 11 is 0. The van der Waals surface area contributed by atoms with E-state index in [2.05, 4.69) is 41.4 Å². The topological polar surface area (TPSA) is 25.8 Å². The molecule has 1 aliphatic carbocycles. The van der Waals surface area contributed by atoms with Crippen molar-refractivity contribution in [3.63, 3.8) is 0 Å². The Labute approximate surface area is 152 Å². The number of fused-ring (bicyclic) bond motifs is 1. The van der Waals surface area contributed by atoms with E-state index in [1.165, 1.54) is 11.1 Å². The van der Waals surface area contributed by atoms with Crippen LogP contribution in [0.25, 0.3) is 16.8 Å². The van der Waals surface area contributed by atoms with E-state index in [0.29, 0.717) is 0 Å². The highest BCUT2D eigenvalue weighted by Gasteiger charge is 2.15. The van der Waals surface area contributed by atoms with Crippen LogP contribution in [0.1, 0.15) is 66.1 Å². The minimum absolute atomic E-state index is 0. The van der Waals surface area contributed by atoms with Gasteiger partial charge in [0.1, 0.15) is 0 Å². The van der Waals surface area contributed by atoms with Crippen LogP contribution in [0.4, 0.5) is 0 Å². The predicted molar refractivity (Wildman–Crippen MR) is 115 cm³/mol. The molecule has 0 radical (unpaired) electrons. The molecule has 0 saturated heterocycles. The average molecular weight is 346 g/mol. The van der Waals surface area contributed by atoms with E-state index in [1.807, 2.05) is 59.7 Å². The fourth-order valence-corrected chi connectivity index (χ4v) is 2.26. The third-order valence-electron chi connectivity index (χ3n) is 3.21. The highest BCUT2D eigenvalue weighted by Crippen LogP contribution is 2.30. The maximum absolute atomic E-state index is 4.33. The quantitative estimate of drug-likeness (QED) is 0.570. The van der Waals surface area contributed by atoms with Gasteiger partial charge in [0.15, 0.2) is 0 Å². The van der Waals surface area contributed by atoms with Gasteiger partial charge in [0.2, 0.25) is 0 Å². The van der Waals surface area contributed by atoms with E-state index in [0.717, 1.165) is 29.8 Å². The van der Waals surface area contributed by atoms with E-state index in [-0.39, 0.29) is 9.90 Å². The Kier molecular flexibility index (Phi) is 15.5. The summed E-state index contributed by atoms with van der Waals surface area (Å²) in [6.07, 6.45) is 4.25. The first kappa shape index (κ1) is 24.7. The van der Waals surface area contributed by atoms with Crippen LogP contribution < -0.4 is 0 Å². The van der Waals surface area contributed by atoms with Gasteiger partial charge in [-0.1, -0.05) is 84.9 Å². The highest BCUT2D eigenvalue weighted by atomic mass is 31.0. The molecule has 1 aliphatic rings. The fraction of sp³-hybridized carbons (Fsp3) is 0.429. The zero-order valence-corrected chi connectivity index (χ0v) is 18.0. The second-order valence-electron chi connectivity index (χ2n) is 4.24. The van der Waals surface area contributed by atoms with Crippen LogP contribution in [0, 0.1) is 0 Å². The number of hydrogen-bond donors (Lipinski definition) is 0. The molecule has 3 heteroatoms. The lowest BCUT2D eigenvalue weighted by Crippen LogP contribution is -1.95. The molecule has 1 unspecified atom stereocenters. The molecule has 0 amide bonds. The number of nitrogens with zero attached hydrogens (tertiary/aromatic N) is 2. The van der Waals surface area contributed by atoms with Gasteiger partial charge in [-0.05, 0) is 18.1 Å². The van der Waals surface area contributed by atoms with Gasteiger partial charge < -0.3 is 0 Å². The van der Waals surface area contributed by atoms with E-state index >= 15 is 0 Å². The molecule has 0 aliphatic heterocycles. The molecule has 0 spiro atoms. The Hall–Kier alpha value is -1.53. The summed E-state index contributed by atoms with van der Waals surface area (Å²) in [5, 5.41) is 8.64. The molecule has 0 bridgehead atoms. The first-order valence-electron chi connectivity index (χ1n) is 9.00. The number of rotatable bonds is 2. The molecule has 1 aromatic carbocycles. The third-order valence-corrected chi connectivity index (χ3v) is 3.21. The number of aromatic nitrogens is 2. The maximum Gasteiger partial charge on any atom is 0.0935 e. The fourth-order valence-electron chi connectivity index (χ4n) is 2.26. The Bertz CT molecular complexity index is 578. The van der Waals surface area contributed by atoms with E-state index in [4.69, 9.17) is 0 Å². The van der Waals surface area contributed by atoms with Gasteiger partial charge in [0, 0.05) is 17.5 Å². The van der Waals surface area contributed by atoms with Gasteiger partial charge in [0.25, 0.3) is 0 Å². The zero-order valence-electron chi connectivity index (χ0n) is 16.6. The molecule has 0 fully saturated rings. The van der Waals surface area contributed by atoms with E-state index in [1.54, 1.807) is 0 Å². The Morgan fingerprint density at radius 1 is 0.875 bits per heavy atom. The van der Waals surface area contributed by atoms with Crippen molar-refractivity contribution in [1.29, 1.82) is 0 Å². The lowest BCUT2D eigenvalue weighted by Gasteiger charge is -2.05. The molecule has 24 heavy (non-hydrogen) atoms. The van der Waals surface area contributed by atoms with Crippen molar-refractivity contribution >= 4 is 15.5 Å². The summed E-state index contributed by atoms with van der Waals surface area (Å²) in [6, 6.07) is 12.4. The summed E-state index contributed by atoms with van der Waals surface area (Å²) < 4.78 is 0. The van der Waals surface area contributed by atoms with Crippen LogP contribution in [-0.4, -0.2) is 10.2 Å². The van der Waals surface area contributed by atoms with E-state index < -0.39 is 0 Å². The average Bonchev–Trinajstić information content (AvgIpc) is 3.09. The van der Waals surface area contributed by atoms with Crippen molar-refractivity contribution in [2.75, 3.05) is 0 Å². The number of benzene rings is 1. The van der Waals surface area contributed by atoms with Crippen LogP contribution in [-0.2, 0) is 6.42 Å². The molecule has 0 N–H and O–H groups in total. The minimum atomic E-state index is 0. The predicted octanol–water partition coefficient (Wildman–Crippen LogP) is 6.63. The van der Waals surface area contributed by atoms with E-state index in [9.17, 15) is 0 Å². The van der Waals surface area contributed by atoms with Crippen molar-refractivity contribution < 1.29 is 0 Å². The third kappa shape index (κ3) is 6.53. The molecule has 134 valence electrons. The van der Waals surface area contributed by atoms with Gasteiger partial charge in [-0.2, -0.15) is 20.1 Å². The van der Waals surface area contributed by atoms with Gasteiger partial charge >= 0.3 is 0 Å².